The van der Waals surface area contributed by atoms with Gasteiger partial charge in [0.25, 0.3) is 0 Å². The number of rotatable bonds is 2. The zero-order valence-electron chi connectivity index (χ0n) is 11.4. The average Bonchev–Trinajstić information content (AvgIpc) is 2.33. The quantitative estimate of drug-likeness (QED) is 0.918. The zero-order chi connectivity index (χ0) is 14.0. The van der Waals surface area contributed by atoms with E-state index in [1.54, 1.807) is 0 Å². The third-order valence-electron chi connectivity index (χ3n) is 2.84. The molecule has 1 heterocycles. The molecule has 0 saturated carbocycles. The van der Waals surface area contributed by atoms with Gasteiger partial charge < -0.3 is 5.73 Å². The van der Waals surface area contributed by atoms with Crippen molar-refractivity contribution in [2.24, 2.45) is 0 Å². The molecule has 0 amide bonds. The second-order valence-electron chi connectivity index (χ2n) is 5.60. The number of nitrogen functional groups attached to an aromatic ring is 1. The van der Waals surface area contributed by atoms with Gasteiger partial charge in [-0.15, -0.1) is 0 Å². The second-order valence-corrected chi connectivity index (χ2v) is 6.39. The first kappa shape index (κ1) is 14.0. The van der Waals surface area contributed by atoms with E-state index in [2.05, 4.69) is 58.8 Å². The average molecular weight is 320 g/mol. The van der Waals surface area contributed by atoms with Crippen LogP contribution in [-0.4, -0.2) is 9.97 Å². The number of hydrogen-bond donors (Lipinski definition) is 1. The lowest BCUT2D eigenvalue weighted by atomic mass is 9.92. The summed E-state index contributed by atoms with van der Waals surface area (Å²) in [5.41, 5.74) is 8.04. The summed E-state index contributed by atoms with van der Waals surface area (Å²) in [6, 6.07) is 10.2. The van der Waals surface area contributed by atoms with Crippen molar-refractivity contribution in [3.8, 4) is 0 Å². The summed E-state index contributed by atoms with van der Waals surface area (Å²) in [4.78, 5) is 9.02. The maximum atomic E-state index is 5.97. The van der Waals surface area contributed by atoms with Crippen molar-refractivity contribution in [3.05, 3.63) is 51.9 Å². The maximum absolute atomic E-state index is 5.97. The summed E-state index contributed by atoms with van der Waals surface area (Å²) in [6.07, 6.45) is 0.696. The molecule has 0 unspecified atom stereocenters. The van der Waals surface area contributed by atoms with Crippen LogP contribution in [0.2, 0.25) is 0 Å². The lowest BCUT2D eigenvalue weighted by Crippen LogP contribution is -2.18. The van der Waals surface area contributed by atoms with Crippen LogP contribution >= 0.6 is 15.9 Å². The van der Waals surface area contributed by atoms with Gasteiger partial charge in [-0.2, -0.15) is 0 Å². The lowest BCUT2D eigenvalue weighted by molar-refractivity contribution is 0.560. The third-order valence-corrected chi connectivity index (χ3v) is 3.62. The first-order chi connectivity index (χ1) is 8.88. The number of benzene rings is 1. The number of nitrogens with zero attached hydrogens (tertiary/aromatic N) is 2. The van der Waals surface area contributed by atoms with Crippen LogP contribution in [0.3, 0.4) is 0 Å². The number of anilines is 1. The predicted octanol–water partition coefficient (Wildman–Crippen LogP) is 3.71. The van der Waals surface area contributed by atoms with Crippen molar-refractivity contribution in [2.45, 2.75) is 32.6 Å². The van der Waals surface area contributed by atoms with Crippen molar-refractivity contribution < 1.29 is 0 Å². The van der Waals surface area contributed by atoms with Crippen LogP contribution in [0.5, 0.6) is 0 Å². The Kier molecular flexibility index (Phi) is 3.90. The molecule has 0 bridgehead atoms. The fourth-order valence-corrected chi connectivity index (χ4v) is 2.64. The zero-order valence-corrected chi connectivity index (χ0v) is 13.0. The van der Waals surface area contributed by atoms with Gasteiger partial charge in [0.15, 0.2) is 0 Å². The summed E-state index contributed by atoms with van der Waals surface area (Å²) in [5, 5.41) is 0. The molecule has 3 nitrogen and oxygen atoms in total. The highest BCUT2D eigenvalue weighted by Crippen LogP contribution is 2.31. The van der Waals surface area contributed by atoms with Gasteiger partial charge in [-0.3, -0.25) is 0 Å². The van der Waals surface area contributed by atoms with Gasteiger partial charge in [-0.05, 0) is 21.5 Å². The van der Waals surface area contributed by atoms with Crippen molar-refractivity contribution in [2.75, 3.05) is 5.73 Å². The summed E-state index contributed by atoms with van der Waals surface area (Å²) >= 11 is 3.49. The first-order valence-corrected chi connectivity index (χ1v) is 7.03. The van der Waals surface area contributed by atoms with Gasteiger partial charge in [0.1, 0.15) is 11.6 Å². The Morgan fingerprint density at radius 2 is 1.74 bits per heavy atom. The standard InChI is InChI=1S/C15H18BrN3/c1-15(2,3)13-12(16)14(17)19-11(18-13)9-10-7-5-4-6-8-10/h4-8H,9H2,1-3H3,(H2,17,18,19). The van der Waals surface area contributed by atoms with E-state index < -0.39 is 0 Å². The van der Waals surface area contributed by atoms with Gasteiger partial charge in [0.2, 0.25) is 0 Å². The van der Waals surface area contributed by atoms with E-state index in [9.17, 15) is 0 Å². The minimum absolute atomic E-state index is 0.0681. The molecule has 1 aromatic carbocycles. The summed E-state index contributed by atoms with van der Waals surface area (Å²) in [6.45, 7) is 6.35. The van der Waals surface area contributed by atoms with E-state index in [0.29, 0.717) is 12.2 Å². The summed E-state index contributed by atoms with van der Waals surface area (Å²) < 4.78 is 0.803. The molecule has 0 radical (unpaired) electrons. The largest absolute Gasteiger partial charge is 0.383 e. The highest BCUT2D eigenvalue weighted by Gasteiger charge is 2.22. The van der Waals surface area contributed by atoms with Gasteiger partial charge in [0.05, 0.1) is 10.2 Å². The van der Waals surface area contributed by atoms with Crippen LogP contribution in [0.15, 0.2) is 34.8 Å². The minimum Gasteiger partial charge on any atom is -0.383 e. The second kappa shape index (κ2) is 5.29. The monoisotopic (exact) mass is 319 g/mol. The maximum Gasteiger partial charge on any atom is 0.141 e. The molecule has 0 aliphatic heterocycles. The molecule has 0 aliphatic carbocycles. The van der Waals surface area contributed by atoms with E-state index in [1.165, 1.54) is 5.56 Å². The lowest BCUT2D eigenvalue weighted by Gasteiger charge is -2.20. The molecule has 4 heteroatoms. The van der Waals surface area contributed by atoms with E-state index in [0.717, 1.165) is 16.0 Å². The Morgan fingerprint density at radius 3 is 2.32 bits per heavy atom. The Balaban J connectivity index is 2.40. The van der Waals surface area contributed by atoms with Crippen LogP contribution in [0.4, 0.5) is 5.82 Å². The number of halogens is 1. The number of nitrogens with two attached hydrogens (primary N) is 1. The Labute approximate surface area is 122 Å². The molecule has 0 saturated heterocycles. The smallest absolute Gasteiger partial charge is 0.141 e. The fourth-order valence-electron chi connectivity index (χ4n) is 1.87. The molecular weight excluding hydrogens is 302 g/mol. The molecule has 0 spiro atoms. The van der Waals surface area contributed by atoms with Crippen molar-refractivity contribution in [1.29, 1.82) is 0 Å². The highest BCUT2D eigenvalue weighted by atomic mass is 79.9. The molecule has 100 valence electrons. The van der Waals surface area contributed by atoms with Crippen LogP contribution in [-0.2, 0) is 11.8 Å². The molecule has 0 fully saturated rings. The third kappa shape index (κ3) is 3.32. The first-order valence-electron chi connectivity index (χ1n) is 6.24. The fraction of sp³-hybridized carbons (Fsp3) is 0.333. The van der Waals surface area contributed by atoms with Gasteiger partial charge in [-0.25, -0.2) is 9.97 Å². The van der Waals surface area contributed by atoms with E-state index in [4.69, 9.17) is 5.73 Å². The van der Waals surface area contributed by atoms with Crippen LogP contribution in [0.1, 0.15) is 37.9 Å². The van der Waals surface area contributed by atoms with Crippen LogP contribution < -0.4 is 5.73 Å². The van der Waals surface area contributed by atoms with Gasteiger partial charge >= 0.3 is 0 Å². The van der Waals surface area contributed by atoms with Crippen LogP contribution in [0, 0.1) is 0 Å². The normalized spacial score (nSPS) is 11.6. The molecule has 0 atom stereocenters. The minimum atomic E-state index is -0.0681. The molecule has 1 aromatic heterocycles. The molecule has 2 N–H and O–H groups in total. The Morgan fingerprint density at radius 1 is 1.11 bits per heavy atom. The van der Waals surface area contributed by atoms with E-state index >= 15 is 0 Å². The molecule has 0 aliphatic rings. The summed E-state index contributed by atoms with van der Waals surface area (Å²) in [5.74, 6) is 1.27. The predicted molar refractivity (Wildman–Crippen MR) is 82.1 cm³/mol. The van der Waals surface area contributed by atoms with Crippen molar-refractivity contribution in [1.82, 2.24) is 9.97 Å². The van der Waals surface area contributed by atoms with Gasteiger partial charge in [0, 0.05) is 11.8 Å². The van der Waals surface area contributed by atoms with Crippen molar-refractivity contribution >= 4 is 21.7 Å². The SMILES string of the molecule is CC(C)(C)c1nc(Cc2ccccc2)nc(N)c1Br. The van der Waals surface area contributed by atoms with Gasteiger partial charge in [-0.1, -0.05) is 51.1 Å². The van der Waals surface area contributed by atoms with Crippen molar-refractivity contribution in [3.63, 3.8) is 0 Å². The van der Waals surface area contributed by atoms with E-state index in [1.807, 2.05) is 18.2 Å². The highest BCUT2D eigenvalue weighted by molar-refractivity contribution is 9.10. The van der Waals surface area contributed by atoms with Crippen LogP contribution in [0.25, 0.3) is 0 Å². The Bertz CT molecular complexity index is 574. The summed E-state index contributed by atoms with van der Waals surface area (Å²) in [7, 11) is 0. The number of aromatic nitrogens is 2. The van der Waals surface area contributed by atoms with E-state index in [-0.39, 0.29) is 5.41 Å². The molecule has 19 heavy (non-hydrogen) atoms. The topological polar surface area (TPSA) is 51.8 Å². The Hall–Kier alpha value is -1.42. The number of hydrogen-bond acceptors (Lipinski definition) is 3. The molecule has 2 aromatic rings. The molecular formula is C15H18BrN3. The molecule has 2 rings (SSSR count).